The zero-order valence-electron chi connectivity index (χ0n) is 15.8. The molecule has 1 aromatic carbocycles. The number of hydrogen-bond donors (Lipinski definition) is 2. The number of halogens is 1. The monoisotopic (exact) mass is 395 g/mol. The minimum atomic E-state index is -0.874. The van der Waals surface area contributed by atoms with Gasteiger partial charge in [0.1, 0.15) is 17.7 Å². The Kier molecular flexibility index (Phi) is 6.70. The van der Waals surface area contributed by atoms with Gasteiger partial charge in [0, 0.05) is 18.0 Å². The minimum Gasteiger partial charge on any atom is -0.444 e. The standard InChI is InChI=1S/C19H26ClN3O4/c1-19(2,3)27-18(26)22-14(11-12-6-8-13(20)9-7-12)17(25)23-10-4-5-15(23)16(21)24/h6-9,14-15H,4-5,10-11H2,1-3H3,(H2,21,24)(H,22,26)/t14-,15-/m0/s1. The van der Waals surface area contributed by atoms with Crippen LogP contribution in [0.25, 0.3) is 0 Å². The van der Waals surface area contributed by atoms with E-state index in [-0.39, 0.29) is 12.3 Å². The minimum absolute atomic E-state index is 0.247. The molecule has 0 aromatic heterocycles. The predicted octanol–water partition coefficient (Wildman–Crippen LogP) is 2.25. The van der Waals surface area contributed by atoms with Crippen molar-refractivity contribution in [2.45, 2.75) is 57.7 Å². The van der Waals surface area contributed by atoms with Crippen LogP contribution in [0.1, 0.15) is 39.2 Å². The third-order valence-corrected chi connectivity index (χ3v) is 4.46. The number of carbonyl (C=O) groups excluding carboxylic acids is 3. The van der Waals surface area contributed by atoms with Gasteiger partial charge in [0.15, 0.2) is 0 Å². The molecule has 1 heterocycles. The van der Waals surface area contributed by atoms with Gasteiger partial charge in [-0.3, -0.25) is 9.59 Å². The second-order valence-corrected chi connectivity index (χ2v) is 8.06. The molecule has 0 unspecified atom stereocenters. The molecule has 3 amide bonds. The predicted molar refractivity (Wildman–Crippen MR) is 102 cm³/mol. The highest BCUT2D eigenvalue weighted by Crippen LogP contribution is 2.20. The third kappa shape index (κ3) is 6.13. The van der Waals surface area contributed by atoms with Crippen LogP contribution in [0.15, 0.2) is 24.3 Å². The van der Waals surface area contributed by atoms with Gasteiger partial charge >= 0.3 is 6.09 Å². The van der Waals surface area contributed by atoms with Crippen LogP contribution in [0.3, 0.4) is 0 Å². The average molecular weight is 396 g/mol. The first-order chi connectivity index (χ1) is 12.6. The van der Waals surface area contributed by atoms with E-state index in [0.29, 0.717) is 24.4 Å². The molecule has 27 heavy (non-hydrogen) atoms. The molecule has 1 aliphatic rings. The van der Waals surface area contributed by atoms with Gasteiger partial charge < -0.3 is 20.7 Å². The highest BCUT2D eigenvalue weighted by molar-refractivity contribution is 6.30. The number of primary amides is 1. The van der Waals surface area contributed by atoms with Gasteiger partial charge in [-0.05, 0) is 51.3 Å². The number of ether oxygens (including phenoxy) is 1. The summed E-state index contributed by atoms with van der Waals surface area (Å²) in [6.07, 6.45) is 0.780. The molecule has 1 aliphatic heterocycles. The lowest BCUT2D eigenvalue weighted by atomic mass is 10.0. The Bertz CT molecular complexity index is 700. The molecule has 7 nitrogen and oxygen atoms in total. The fourth-order valence-electron chi connectivity index (χ4n) is 3.03. The Labute approximate surface area is 164 Å². The summed E-state index contributed by atoms with van der Waals surface area (Å²) < 4.78 is 5.28. The van der Waals surface area contributed by atoms with Gasteiger partial charge in [-0.2, -0.15) is 0 Å². The summed E-state index contributed by atoms with van der Waals surface area (Å²) in [4.78, 5) is 38.4. The summed E-state index contributed by atoms with van der Waals surface area (Å²) in [5.74, 6) is -0.888. The van der Waals surface area contributed by atoms with Crippen LogP contribution in [-0.2, 0) is 20.7 Å². The van der Waals surface area contributed by atoms with Crippen molar-refractivity contribution in [3.63, 3.8) is 0 Å². The van der Waals surface area contributed by atoms with Crippen LogP contribution < -0.4 is 11.1 Å². The van der Waals surface area contributed by atoms with Crippen LogP contribution in [0.4, 0.5) is 4.79 Å². The maximum absolute atomic E-state index is 13.1. The van der Waals surface area contributed by atoms with E-state index in [1.165, 1.54) is 4.90 Å². The van der Waals surface area contributed by atoms with E-state index in [1.54, 1.807) is 45.0 Å². The van der Waals surface area contributed by atoms with Gasteiger partial charge in [0.2, 0.25) is 11.8 Å². The topological polar surface area (TPSA) is 102 Å². The van der Waals surface area contributed by atoms with Crippen molar-refractivity contribution in [3.05, 3.63) is 34.9 Å². The highest BCUT2D eigenvalue weighted by Gasteiger charge is 2.37. The largest absolute Gasteiger partial charge is 0.444 e. The van der Waals surface area contributed by atoms with E-state index in [2.05, 4.69) is 5.32 Å². The number of carbonyl (C=O) groups is 3. The van der Waals surface area contributed by atoms with Crippen molar-refractivity contribution in [2.24, 2.45) is 5.73 Å². The van der Waals surface area contributed by atoms with E-state index < -0.39 is 29.7 Å². The number of rotatable bonds is 5. The van der Waals surface area contributed by atoms with E-state index in [0.717, 1.165) is 5.56 Å². The second-order valence-electron chi connectivity index (χ2n) is 7.62. The lowest BCUT2D eigenvalue weighted by molar-refractivity contribution is -0.139. The highest BCUT2D eigenvalue weighted by atomic mass is 35.5. The van der Waals surface area contributed by atoms with Crippen LogP contribution >= 0.6 is 11.6 Å². The first kappa shape index (κ1) is 21.0. The van der Waals surface area contributed by atoms with Gasteiger partial charge in [0.05, 0.1) is 0 Å². The molecule has 1 fully saturated rings. The molecule has 0 spiro atoms. The van der Waals surface area contributed by atoms with Crippen molar-refractivity contribution < 1.29 is 19.1 Å². The number of hydrogen-bond acceptors (Lipinski definition) is 4. The van der Waals surface area contributed by atoms with Crippen molar-refractivity contribution >= 4 is 29.5 Å². The molecule has 0 bridgehead atoms. The lowest BCUT2D eigenvalue weighted by Gasteiger charge is -2.29. The van der Waals surface area contributed by atoms with Crippen LogP contribution in [0, 0.1) is 0 Å². The maximum Gasteiger partial charge on any atom is 0.408 e. The summed E-state index contributed by atoms with van der Waals surface area (Å²) >= 11 is 5.91. The number of nitrogens with zero attached hydrogens (tertiary/aromatic N) is 1. The molecule has 8 heteroatoms. The number of amides is 3. The van der Waals surface area contributed by atoms with Crippen LogP contribution in [0.2, 0.25) is 5.02 Å². The van der Waals surface area contributed by atoms with Gasteiger partial charge in [-0.15, -0.1) is 0 Å². The SMILES string of the molecule is CC(C)(C)OC(=O)N[C@@H](Cc1ccc(Cl)cc1)C(=O)N1CCC[C@H]1C(N)=O. The molecule has 0 saturated carbocycles. The van der Waals surface area contributed by atoms with E-state index in [4.69, 9.17) is 22.1 Å². The lowest BCUT2D eigenvalue weighted by Crippen LogP contribution is -2.54. The summed E-state index contributed by atoms with van der Waals surface area (Å²) in [5, 5.41) is 3.21. The zero-order chi connectivity index (χ0) is 20.2. The van der Waals surface area contributed by atoms with Crippen LogP contribution in [0.5, 0.6) is 0 Å². The Morgan fingerprint density at radius 1 is 1.30 bits per heavy atom. The smallest absolute Gasteiger partial charge is 0.408 e. The summed E-state index contributed by atoms with van der Waals surface area (Å²) in [6, 6.07) is 5.48. The third-order valence-electron chi connectivity index (χ3n) is 4.21. The Balaban J connectivity index is 2.19. The molecule has 3 N–H and O–H groups in total. The Hall–Kier alpha value is -2.28. The van der Waals surface area contributed by atoms with Gasteiger partial charge in [-0.1, -0.05) is 23.7 Å². The molecular weight excluding hydrogens is 370 g/mol. The molecule has 2 atom stereocenters. The molecular formula is C19H26ClN3O4. The molecule has 1 aromatic rings. The van der Waals surface area contributed by atoms with E-state index >= 15 is 0 Å². The zero-order valence-corrected chi connectivity index (χ0v) is 16.6. The summed E-state index contributed by atoms with van der Waals surface area (Å²) in [7, 11) is 0. The van der Waals surface area contributed by atoms with Crippen molar-refractivity contribution in [1.82, 2.24) is 10.2 Å². The normalized spacial score (nSPS) is 18.1. The van der Waals surface area contributed by atoms with Gasteiger partial charge in [0.25, 0.3) is 0 Å². The number of nitrogens with two attached hydrogens (primary N) is 1. The van der Waals surface area contributed by atoms with Crippen molar-refractivity contribution in [2.75, 3.05) is 6.54 Å². The second kappa shape index (κ2) is 8.61. The first-order valence-corrected chi connectivity index (χ1v) is 9.28. The Morgan fingerprint density at radius 2 is 1.93 bits per heavy atom. The molecule has 0 aliphatic carbocycles. The number of benzene rings is 1. The maximum atomic E-state index is 13.1. The fraction of sp³-hybridized carbons (Fsp3) is 0.526. The van der Waals surface area contributed by atoms with Crippen molar-refractivity contribution in [3.8, 4) is 0 Å². The first-order valence-electron chi connectivity index (χ1n) is 8.90. The summed E-state index contributed by atoms with van der Waals surface area (Å²) in [6.45, 7) is 5.66. The van der Waals surface area contributed by atoms with Gasteiger partial charge in [-0.25, -0.2) is 4.79 Å². The number of alkyl carbamates (subject to hydrolysis) is 1. The molecule has 1 saturated heterocycles. The van der Waals surface area contributed by atoms with E-state index in [9.17, 15) is 14.4 Å². The quantitative estimate of drug-likeness (QED) is 0.798. The molecule has 148 valence electrons. The fourth-order valence-corrected chi connectivity index (χ4v) is 3.16. The van der Waals surface area contributed by atoms with E-state index in [1.807, 2.05) is 0 Å². The average Bonchev–Trinajstić information content (AvgIpc) is 3.03. The van der Waals surface area contributed by atoms with Crippen LogP contribution in [-0.4, -0.2) is 47.0 Å². The summed E-state index contributed by atoms with van der Waals surface area (Å²) in [5.41, 5.74) is 5.55. The number of nitrogens with one attached hydrogen (secondary N) is 1. The van der Waals surface area contributed by atoms with Crippen molar-refractivity contribution in [1.29, 1.82) is 0 Å². The number of likely N-dealkylation sites (tertiary alicyclic amines) is 1. The Morgan fingerprint density at radius 3 is 2.48 bits per heavy atom. The molecule has 0 radical (unpaired) electrons. The molecule has 2 rings (SSSR count).